The summed E-state index contributed by atoms with van der Waals surface area (Å²) < 4.78 is 1.88. The fraction of sp³-hybridized carbons (Fsp3) is 0.300. The quantitative estimate of drug-likeness (QED) is 0.851. The number of rotatable bonds is 5. The van der Waals surface area contributed by atoms with Crippen molar-refractivity contribution in [2.45, 2.75) is 39.2 Å². The first-order chi connectivity index (χ1) is 10.8. The topological polar surface area (TPSA) is 41.2 Å². The Bertz CT molecular complexity index is 677. The van der Waals surface area contributed by atoms with Gasteiger partial charge < -0.3 is 5.11 Å². The molecule has 0 atom stereocenters. The maximum Gasteiger partial charge on any atom is 0.309 e. The van der Waals surface area contributed by atoms with Gasteiger partial charge in [-0.25, -0.2) is 4.57 Å². The molecule has 3 nitrogen and oxygen atoms in total. The predicted octanol–water partition coefficient (Wildman–Crippen LogP) is 3.92. The summed E-state index contributed by atoms with van der Waals surface area (Å²) in [5.74, 6) is -0.778. The summed E-state index contributed by atoms with van der Waals surface area (Å²) in [5.41, 5.74) is 3.76. The van der Waals surface area contributed by atoms with Gasteiger partial charge in [-0.15, -0.1) is 0 Å². The second kappa shape index (κ2) is 7.23. The average molecular weight is 310 g/mol. The highest BCUT2D eigenvalue weighted by atomic mass is 16.4. The molecule has 2 aromatic rings. The van der Waals surface area contributed by atoms with Crippen molar-refractivity contribution in [1.82, 2.24) is 0 Å². The third-order valence-corrected chi connectivity index (χ3v) is 3.75. The maximum atomic E-state index is 10.6. The zero-order valence-electron chi connectivity index (χ0n) is 14.0. The van der Waals surface area contributed by atoms with E-state index in [4.69, 9.17) is 5.11 Å². The van der Waals surface area contributed by atoms with Crippen molar-refractivity contribution >= 4 is 18.1 Å². The lowest BCUT2D eigenvalue weighted by molar-refractivity contribution is -0.696. The minimum Gasteiger partial charge on any atom is -0.481 e. The van der Waals surface area contributed by atoms with Gasteiger partial charge in [0.2, 0.25) is 0 Å². The van der Waals surface area contributed by atoms with E-state index in [1.807, 2.05) is 29.1 Å². The number of hydrogen-bond acceptors (Lipinski definition) is 1. The molecule has 0 aliphatic heterocycles. The van der Waals surface area contributed by atoms with Gasteiger partial charge in [-0.05, 0) is 22.1 Å². The zero-order valence-corrected chi connectivity index (χ0v) is 14.0. The predicted molar refractivity (Wildman–Crippen MR) is 93.0 cm³/mol. The van der Waals surface area contributed by atoms with Crippen LogP contribution in [-0.4, -0.2) is 11.1 Å². The highest BCUT2D eigenvalue weighted by molar-refractivity contribution is 5.69. The van der Waals surface area contributed by atoms with E-state index >= 15 is 0 Å². The van der Waals surface area contributed by atoms with Crippen LogP contribution in [0, 0.1) is 0 Å². The fourth-order valence-electron chi connectivity index (χ4n) is 2.24. The molecule has 23 heavy (non-hydrogen) atoms. The van der Waals surface area contributed by atoms with Crippen LogP contribution < -0.4 is 4.57 Å². The van der Waals surface area contributed by atoms with Gasteiger partial charge in [-0.3, -0.25) is 4.79 Å². The lowest BCUT2D eigenvalue weighted by Crippen LogP contribution is -2.33. The fourth-order valence-corrected chi connectivity index (χ4v) is 2.24. The van der Waals surface area contributed by atoms with Crippen LogP contribution in [0.1, 0.15) is 43.9 Å². The number of aliphatic carboxylic acids is 1. The normalized spacial score (nSPS) is 11.8. The molecule has 0 radical (unpaired) electrons. The molecule has 0 aliphatic carbocycles. The smallest absolute Gasteiger partial charge is 0.309 e. The van der Waals surface area contributed by atoms with Crippen LogP contribution in [0.4, 0.5) is 0 Å². The Hall–Kier alpha value is -2.42. The summed E-state index contributed by atoms with van der Waals surface area (Å²) in [7, 11) is 0. The van der Waals surface area contributed by atoms with Crippen LogP contribution in [-0.2, 0) is 16.8 Å². The highest BCUT2D eigenvalue weighted by Crippen LogP contribution is 2.22. The van der Waals surface area contributed by atoms with E-state index in [0.717, 1.165) is 5.56 Å². The van der Waals surface area contributed by atoms with Gasteiger partial charge in [-0.1, -0.05) is 57.2 Å². The minimum absolute atomic E-state index is 0.139. The van der Waals surface area contributed by atoms with Gasteiger partial charge in [0.15, 0.2) is 18.9 Å². The minimum atomic E-state index is -0.778. The second-order valence-corrected chi connectivity index (χ2v) is 6.72. The molecule has 1 heterocycles. The van der Waals surface area contributed by atoms with E-state index in [-0.39, 0.29) is 11.8 Å². The Labute approximate surface area is 137 Å². The van der Waals surface area contributed by atoms with Gasteiger partial charge in [0.05, 0.1) is 0 Å². The number of benzene rings is 1. The second-order valence-electron chi connectivity index (χ2n) is 6.72. The molecule has 0 bridgehead atoms. The number of hydrogen-bond donors (Lipinski definition) is 1. The highest BCUT2D eigenvalue weighted by Gasteiger charge is 2.12. The lowest BCUT2D eigenvalue weighted by Gasteiger charge is -2.18. The number of carbonyl (C=O) groups is 1. The monoisotopic (exact) mass is 310 g/mol. The number of nitrogens with zero attached hydrogens (tertiary/aromatic N) is 1. The Kier molecular flexibility index (Phi) is 5.32. The number of carboxylic acid groups (broad SMARTS) is 1. The maximum absolute atomic E-state index is 10.6. The van der Waals surface area contributed by atoms with Crippen LogP contribution in [0.5, 0.6) is 0 Å². The molecule has 0 fully saturated rings. The summed E-state index contributed by atoms with van der Waals surface area (Å²) in [6.45, 7) is 7.12. The standard InChI is InChI=1S/C20H23NO2/c1-20(2,3)18-8-6-16(7-9-18)4-5-17-10-13-21(14-11-17)15-12-19(22)23/h4-11,13-14H,12,15H2,1-3H3/p+1/b5-4-. The summed E-state index contributed by atoms with van der Waals surface area (Å²) in [5, 5.41) is 8.68. The number of aromatic nitrogens is 1. The molecular weight excluding hydrogens is 286 g/mol. The summed E-state index contributed by atoms with van der Waals surface area (Å²) in [6, 6.07) is 12.6. The Morgan fingerprint density at radius 3 is 2.00 bits per heavy atom. The Morgan fingerprint density at radius 1 is 1.00 bits per heavy atom. The van der Waals surface area contributed by atoms with Gasteiger partial charge in [-0.2, -0.15) is 0 Å². The first kappa shape index (κ1) is 16.9. The molecule has 0 saturated carbocycles. The summed E-state index contributed by atoms with van der Waals surface area (Å²) in [6.07, 6.45) is 8.10. The molecule has 1 aromatic heterocycles. The van der Waals surface area contributed by atoms with Crippen molar-refractivity contribution in [2.75, 3.05) is 0 Å². The Morgan fingerprint density at radius 2 is 1.52 bits per heavy atom. The molecule has 2 rings (SSSR count). The van der Waals surface area contributed by atoms with Gasteiger partial charge in [0.1, 0.15) is 6.42 Å². The number of pyridine rings is 1. The van der Waals surface area contributed by atoms with Gasteiger partial charge >= 0.3 is 5.97 Å². The van der Waals surface area contributed by atoms with E-state index in [2.05, 4.69) is 57.2 Å². The Balaban J connectivity index is 2.01. The van der Waals surface area contributed by atoms with E-state index in [1.165, 1.54) is 11.1 Å². The number of carboxylic acids is 1. The molecular formula is C20H24NO2+. The molecule has 0 aliphatic rings. The molecule has 1 aromatic carbocycles. The SMILES string of the molecule is CC(C)(C)c1ccc(/C=C\c2cc[n+](CCC(=O)O)cc2)cc1. The summed E-state index contributed by atoms with van der Waals surface area (Å²) in [4.78, 5) is 10.6. The van der Waals surface area contributed by atoms with Crippen molar-refractivity contribution in [3.05, 3.63) is 65.5 Å². The van der Waals surface area contributed by atoms with Gasteiger partial charge in [0.25, 0.3) is 0 Å². The van der Waals surface area contributed by atoms with Crippen molar-refractivity contribution in [3.8, 4) is 0 Å². The van der Waals surface area contributed by atoms with E-state index in [0.29, 0.717) is 6.54 Å². The van der Waals surface area contributed by atoms with Crippen LogP contribution in [0.25, 0.3) is 12.2 Å². The molecule has 0 amide bonds. The third kappa shape index (κ3) is 5.37. The van der Waals surface area contributed by atoms with Crippen molar-refractivity contribution in [2.24, 2.45) is 0 Å². The molecule has 0 spiro atoms. The molecule has 120 valence electrons. The zero-order chi connectivity index (χ0) is 16.9. The van der Waals surface area contributed by atoms with E-state index < -0.39 is 5.97 Å². The molecule has 0 unspecified atom stereocenters. The van der Waals surface area contributed by atoms with Crippen LogP contribution in [0.15, 0.2) is 48.8 Å². The van der Waals surface area contributed by atoms with Crippen LogP contribution in [0.2, 0.25) is 0 Å². The molecule has 3 heteroatoms. The molecule has 0 saturated heterocycles. The van der Waals surface area contributed by atoms with E-state index in [9.17, 15) is 4.79 Å². The van der Waals surface area contributed by atoms with Crippen LogP contribution >= 0.6 is 0 Å². The van der Waals surface area contributed by atoms with E-state index in [1.54, 1.807) is 0 Å². The average Bonchev–Trinajstić information content (AvgIpc) is 2.51. The summed E-state index contributed by atoms with van der Waals surface area (Å²) >= 11 is 0. The van der Waals surface area contributed by atoms with Gasteiger partial charge in [0, 0.05) is 12.1 Å². The molecule has 1 N–H and O–H groups in total. The van der Waals surface area contributed by atoms with Crippen molar-refractivity contribution in [1.29, 1.82) is 0 Å². The third-order valence-electron chi connectivity index (χ3n) is 3.75. The largest absolute Gasteiger partial charge is 0.481 e. The first-order valence-corrected chi connectivity index (χ1v) is 7.84. The van der Waals surface area contributed by atoms with Crippen molar-refractivity contribution < 1.29 is 14.5 Å². The lowest BCUT2D eigenvalue weighted by atomic mass is 9.87. The number of aryl methyl sites for hydroxylation is 1. The van der Waals surface area contributed by atoms with Crippen LogP contribution in [0.3, 0.4) is 0 Å². The van der Waals surface area contributed by atoms with Crippen molar-refractivity contribution in [3.63, 3.8) is 0 Å². The first-order valence-electron chi connectivity index (χ1n) is 7.84.